The van der Waals surface area contributed by atoms with E-state index in [0.29, 0.717) is 53.2 Å². The summed E-state index contributed by atoms with van der Waals surface area (Å²) in [6, 6.07) is 8.15. The molecule has 0 radical (unpaired) electrons. The Morgan fingerprint density at radius 3 is 2.70 bits per heavy atom. The minimum absolute atomic E-state index is 0.00758. The van der Waals surface area contributed by atoms with E-state index in [1.807, 2.05) is 6.92 Å². The summed E-state index contributed by atoms with van der Waals surface area (Å²) in [6.45, 7) is 3.37. The number of pyridine rings is 2. The molecule has 3 heterocycles. The number of nitrogens with one attached hydrogen (secondary N) is 3. The molecule has 1 aromatic carbocycles. The maximum absolute atomic E-state index is 12.5. The second-order valence-electron chi connectivity index (χ2n) is 8.19. The third kappa shape index (κ3) is 5.54. The number of anilines is 2. The highest BCUT2D eigenvalue weighted by Crippen LogP contribution is 2.26. The lowest BCUT2D eigenvalue weighted by Crippen LogP contribution is -2.34. The van der Waals surface area contributed by atoms with E-state index < -0.39 is 5.91 Å². The van der Waals surface area contributed by atoms with E-state index in [1.165, 1.54) is 11.1 Å². The van der Waals surface area contributed by atoms with Crippen molar-refractivity contribution in [1.29, 1.82) is 5.41 Å². The predicted octanol–water partition coefficient (Wildman–Crippen LogP) is 2.62. The molecule has 190 valence electrons. The first kappa shape index (κ1) is 25.3. The third-order valence-corrected chi connectivity index (χ3v) is 5.65. The highest BCUT2D eigenvalue weighted by Gasteiger charge is 2.18. The van der Waals surface area contributed by atoms with Crippen LogP contribution in [0.1, 0.15) is 28.7 Å². The number of imidazole rings is 1. The Hall–Kier alpha value is -4.84. The van der Waals surface area contributed by atoms with Gasteiger partial charge >= 0.3 is 6.03 Å². The van der Waals surface area contributed by atoms with Crippen molar-refractivity contribution in [2.75, 3.05) is 37.9 Å². The van der Waals surface area contributed by atoms with Crippen LogP contribution in [0.15, 0.2) is 48.9 Å². The molecule has 7 N–H and O–H groups in total. The fourth-order valence-corrected chi connectivity index (χ4v) is 3.64. The molecule has 0 aliphatic carbocycles. The van der Waals surface area contributed by atoms with Crippen LogP contribution in [0.3, 0.4) is 0 Å². The third-order valence-electron chi connectivity index (χ3n) is 5.65. The molecule has 0 aliphatic rings. The van der Waals surface area contributed by atoms with E-state index in [9.17, 15) is 9.59 Å². The van der Waals surface area contributed by atoms with Crippen LogP contribution in [0, 0.1) is 5.41 Å². The fraction of sp³-hybridized carbons (Fsp3) is 0.200. The molecule has 12 heteroatoms. The van der Waals surface area contributed by atoms with E-state index in [4.69, 9.17) is 21.6 Å². The molecule has 3 aromatic heterocycles. The quantitative estimate of drug-likeness (QED) is 0.172. The van der Waals surface area contributed by atoms with Crippen molar-refractivity contribution in [2.45, 2.75) is 6.92 Å². The Labute approximate surface area is 212 Å². The van der Waals surface area contributed by atoms with Gasteiger partial charge in [0.1, 0.15) is 17.0 Å². The van der Waals surface area contributed by atoms with Crippen LogP contribution >= 0.6 is 0 Å². The van der Waals surface area contributed by atoms with Crippen molar-refractivity contribution in [1.82, 2.24) is 24.8 Å². The van der Waals surface area contributed by atoms with Gasteiger partial charge in [0.2, 0.25) is 0 Å². The van der Waals surface area contributed by atoms with E-state index in [1.54, 1.807) is 49.8 Å². The standard InChI is InChI=1S/C25H27N9O3/c1-3-37-8-7-34(2)25(36)31-16-9-14(11-29-13-16)15-10-18(22(27)30-12-15)20(26)24-32-19-6-4-5-17(23(28)35)21(19)33-24/h4-6,9-13,26H,3,7-8H2,1-2H3,(H2,27,30)(H2,28,35)(H,31,36)(H,32,33). The topological polar surface area (TPSA) is 189 Å². The fourth-order valence-electron chi connectivity index (χ4n) is 3.64. The molecule has 0 unspecified atom stereocenters. The summed E-state index contributed by atoms with van der Waals surface area (Å²) in [6.07, 6.45) is 4.72. The minimum Gasteiger partial charge on any atom is -0.383 e. The number of benzene rings is 1. The van der Waals surface area contributed by atoms with Crippen molar-refractivity contribution in [3.05, 3.63) is 65.9 Å². The number of nitrogens with zero attached hydrogens (tertiary/aromatic N) is 4. The number of rotatable bonds is 9. The monoisotopic (exact) mass is 501 g/mol. The minimum atomic E-state index is -0.613. The van der Waals surface area contributed by atoms with Gasteiger partial charge in [0.15, 0.2) is 5.82 Å². The summed E-state index contributed by atoms with van der Waals surface area (Å²) in [4.78, 5) is 41.7. The maximum Gasteiger partial charge on any atom is 0.321 e. The Morgan fingerprint density at radius 2 is 1.95 bits per heavy atom. The van der Waals surface area contributed by atoms with Crippen molar-refractivity contribution >= 4 is 40.2 Å². The molecule has 3 amide bonds. The molecule has 0 aliphatic heterocycles. The van der Waals surface area contributed by atoms with Gasteiger partial charge in [-0.2, -0.15) is 0 Å². The summed E-state index contributed by atoms with van der Waals surface area (Å²) < 4.78 is 5.29. The van der Waals surface area contributed by atoms with Crippen LogP contribution in [0.4, 0.5) is 16.3 Å². The van der Waals surface area contributed by atoms with Crippen LogP contribution in [0.5, 0.6) is 0 Å². The van der Waals surface area contributed by atoms with Crippen LogP contribution < -0.4 is 16.8 Å². The SMILES string of the molecule is CCOCCN(C)C(=O)Nc1cncc(-c2cnc(N)c(C(=N)c3nc4c(C(N)=O)cccc4[nH]3)c2)c1. The summed E-state index contributed by atoms with van der Waals surface area (Å²) in [5.41, 5.74) is 14.9. The number of hydrogen-bond acceptors (Lipinski definition) is 8. The van der Waals surface area contributed by atoms with Gasteiger partial charge in [0, 0.05) is 49.3 Å². The van der Waals surface area contributed by atoms with E-state index >= 15 is 0 Å². The van der Waals surface area contributed by atoms with E-state index in [0.717, 1.165) is 0 Å². The lowest BCUT2D eigenvalue weighted by molar-refractivity contribution is 0.100. The predicted molar refractivity (Wildman–Crippen MR) is 141 cm³/mol. The van der Waals surface area contributed by atoms with Gasteiger partial charge in [-0.3, -0.25) is 15.2 Å². The largest absolute Gasteiger partial charge is 0.383 e. The number of ether oxygens (including phenoxy) is 1. The van der Waals surface area contributed by atoms with Gasteiger partial charge in [0.05, 0.1) is 29.6 Å². The second kappa shape index (κ2) is 10.8. The molecule has 12 nitrogen and oxygen atoms in total. The molecular formula is C25H27N9O3. The Morgan fingerprint density at radius 1 is 1.16 bits per heavy atom. The summed E-state index contributed by atoms with van der Waals surface area (Å²) in [7, 11) is 1.68. The van der Waals surface area contributed by atoms with Gasteiger partial charge in [-0.1, -0.05) is 6.07 Å². The number of carbonyl (C=O) groups is 2. The first-order chi connectivity index (χ1) is 17.8. The van der Waals surface area contributed by atoms with Gasteiger partial charge in [-0.15, -0.1) is 0 Å². The molecule has 0 bridgehead atoms. The van der Waals surface area contributed by atoms with Crippen molar-refractivity contribution < 1.29 is 14.3 Å². The molecule has 4 rings (SSSR count). The van der Waals surface area contributed by atoms with Crippen LogP contribution in [-0.2, 0) is 4.74 Å². The smallest absolute Gasteiger partial charge is 0.321 e. The van der Waals surface area contributed by atoms with Crippen molar-refractivity contribution in [3.63, 3.8) is 0 Å². The van der Waals surface area contributed by atoms with Gasteiger partial charge in [0.25, 0.3) is 5.91 Å². The molecule has 0 spiro atoms. The van der Waals surface area contributed by atoms with Crippen LogP contribution in [0.25, 0.3) is 22.2 Å². The molecular weight excluding hydrogens is 474 g/mol. The Kier molecular flexibility index (Phi) is 7.39. The van der Waals surface area contributed by atoms with Gasteiger partial charge in [-0.05, 0) is 31.2 Å². The molecule has 0 atom stereocenters. The van der Waals surface area contributed by atoms with Crippen LogP contribution in [0.2, 0.25) is 0 Å². The molecule has 0 saturated heterocycles. The highest BCUT2D eigenvalue weighted by atomic mass is 16.5. The zero-order valence-corrected chi connectivity index (χ0v) is 20.4. The zero-order valence-electron chi connectivity index (χ0n) is 20.4. The number of amides is 3. The number of primary amides is 1. The number of carbonyl (C=O) groups excluding carboxylic acids is 2. The number of likely N-dealkylation sites (N-methyl/N-ethyl adjacent to an activating group) is 1. The molecule has 37 heavy (non-hydrogen) atoms. The van der Waals surface area contributed by atoms with Crippen molar-refractivity contribution in [3.8, 4) is 11.1 Å². The lowest BCUT2D eigenvalue weighted by Gasteiger charge is -2.18. The average molecular weight is 502 g/mol. The summed E-state index contributed by atoms with van der Waals surface area (Å²) in [5.74, 6) is -0.264. The number of H-pyrrole nitrogens is 1. The summed E-state index contributed by atoms with van der Waals surface area (Å²) >= 11 is 0. The second-order valence-corrected chi connectivity index (χ2v) is 8.19. The van der Waals surface area contributed by atoms with Gasteiger partial charge < -0.3 is 31.4 Å². The number of aromatic nitrogens is 4. The Balaban J connectivity index is 1.59. The van der Waals surface area contributed by atoms with E-state index in [2.05, 4.69) is 25.3 Å². The number of para-hydroxylation sites is 1. The summed E-state index contributed by atoms with van der Waals surface area (Å²) in [5, 5.41) is 11.5. The Bertz CT molecular complexity index is 1480. The lowest BCUT2D eigenvalue weighted by atomic mass is 10.0. The normalized spacial score (nSPS) is 10.9. The van der Waals surface area contributed by atoms with E-state index in [-0.39, 0.29) is 28.9 Å². The van der Waals surface area contributed by atoms with Crippen molar-refractivity contribution in [2.24, 2.45) is 5.73 Å². The average Bonchev–Trinajstić information content (AvgIpc) is 3.33. The molecule has 4 aromatic rings. The number of aromatic amines is 1. The number of fused-ring (bicyclic) bond motifs is 1. The number of nitrogens with two attached hydrogens (primary N) is 2. The number of urea groups is 1. The highest BCUT2D eigenvalue weighted by molar-refractivity contribution is 6.14. The van der Waals surface area contributed by atoms with Crippen LogP contribution in [-0.4, -0.2) is 69.3 Å². The molecule has 0 saturated carbocycles. The first-order valence-electron chi connectivity index (χ1n) is 11.5. The van der Waals surface area contributed by atoms with Gasteiger partial charge in [-0.25, -0.2) is 14.8 Å². The zero-order chi connectivity index (χ0) is 26.5. The number of hydrogen-bond donors (Lipinski definition) is 5. The first-order valence-corrected chi connectivity index (χ1v) is 11.5. The molecule has 0 fully saturated rings. The maximum atomic E-state index is 12.5. The number of nitrogen functional groups attached to an aromatic ring is 1.